The van der Waals surface area contributed by atoms with Gasteiger partial charge in [-0.05, 0) is 42.2 Å². The zero-order chi connectivity index (χ0) is 22.5. The highest BCUT2D eigenvalue weighted by molar-refractivity contribution is 5.96. The van der Waals surface area contributed by atoms with Gasteiger partial charge in [-0.3, -0.25) is 14.4 Å². The van der Waals surface area contributed by atoms with Crippen LogP contribution in [0.15, 0.2) is 54.6 Å². The van der Waals surface area contributed by atoms with Crippen LogP contribution in [0.4, 0.5) is 0 Å². The van der Waals surface area contributed by atoms with Crippen molar-refractivity contribution >= 4 is 17.8 Å². The summed E-state index contributed by atoms with van der Waals surface area (Å²) >= 11 is 0. The van der Waals surface area contributed by atoms with Crippen molar-refractivity contribution in [1.29, 1.82) is 0 Å². The van der Waals surface area contributed by atoms with Crippen LogP contribution >= 0.6 is 0 Å². The van der Waals surface area contributed by atoms with Crippen molar-refractivity contribution in [2.45, 2.75) is 32.6 Å². The first kappa shape index (κ1) is 23.9. The molecule has 0 spiro atoms. The van der Waals surface area contributed by atoms with Crippen LogP contribution in [0.2, 0.25) is 0 Å². The van der Waals surface area contributed by atoms with Gasteiger partial charge in [0.15, 0.2) is 6.61 Å². The fourth-order valence-electron chi connectivity index (χ4n) is 2.71. The molecule has 2 N–H and O–H groups in total. The molecule has 2 rings (SSSR count). The van der Waals surface area contributed by atoms with E-state index in [0.29, 0.717) is 24.5 Å². The molecule has 0 aliphatic heterocycles. The lowest BCUT2D eigenvalue weighted by atomic mass is 10.0. The minimum Gasteiger partial charge on any atom is -0.494 e. The Kier molecular flexibility index (Phi) is 10.1. The van der Waals surface area contributed by atoms with Gasteiger partial charge in [0.1, 0.15) is 12.3 Å². The van der Waals surface area contributed by atoms with Crippen LogP contribution in [-0.2, 0) is 14.3 Å². The number of amides is 2. The van der Waals surface area contributed by atoms with E-state index in [-0.39, 0.29) is 25.0 Å². The van der Waals surface area contributed by atoms with Crippen LogP contribution in [0.3, 0.4) is 0 Å². The molecule has 0 saturated carbocycles. The molecule has 0 saturated heterocycles. The number of benzene rings is 2. The molecule has 0 aliphatic carbocycles. The number of ether oxygens (including phenoxy) is 2. The molecule has 0 unspecified atom stereocenters. The third-order valence-corrected chi connectivity index (χ3v) is 4.61. The van der Waals surface area contributed by atoms with Crippen molar-refractivity contribution in [1.82, 2.24) is 10.6 Å². The first-order chi connectivity index (χ1) is 15.0. The Balaban J connectivity index is 1.64. The lowest BCUT2D eigenvalue weighted by molar-refractivity contribution is -0.147. The van der Waals surface area contributed by atoms with Gasteiger partial charge in [-0.1, -0.05) is 50.6 Å². The van der Waals surface area contributed by atoms with Crippen molar-refractivity contribution < 1.29 is 23.9 Å². The molecule has 0 heterocycles. The highest BCUT2D eigenvalue weighted by Gasteiger charge is 2.12. The van der Waals surface area contributed by atoms with E-state index >= 15 is 0 Å². The standard InChI is InChI=1S/C24H30N2O5/c1-3-4-14-30-21-12-10-20(11-13-21)24(29)26-16-23(28)31-17-22(27)25-15-18(2)19-8-6-5-7-9-19/h5-13,18H,3-4,14-17H2,1-2H3,(H,25,27)(H,26,29)/t18-/m0/s1. The van der Waals surface area contributed by atoms with Crippen molar-refractivity contribution in [2.24, 2.45) is 0 Å². The number of unbranched alkanes of at least 4 members (excludes halogenated alkanes) is 1. The summed E-state index contributed by atoms with van der Waals surface area (Å²) in [6.45, 7) is 4.45. The molecular formula is C24H30N2O5. The fourth-order valence-corrected chi connectivity index (χ4v) is 2.71. The van der Waals surface area contributed by atoms with E-state index in [4.69, 9.17) is 9.47 Å². The van der Waals surface area contributed by atoms with Crippen molar-refractivity contribution in [3.05, 3.63) is 65.7 Å². The molecule has 1 atom stereocenters. The van der Waals surface area contributed by atoms with Crippen molar-refractivity contribution in [3.8, 4) is 5.75 Å². The van der Waals surface area contributed by atoms with E-state index in [1.807, 2.05) is 37.3 Å². The Morgan fingerprint density at radius 2 is 1.68 bits per heavy atom. The second-order valence-corrected chi connectivity index (χ2v) is 7.19. The van der Waals surface area contributed by atoms with Gasteiger partial charge in [-0.15, -0.1) is 0 Å². The molecule has 0 bridgehead atoms. The van der Waals surface area contributed by atoms with Gasteiger partial charge in [-0.2, -0.15) is 0 Å². The monoisotopic (exact) mass is 426 g/mol. The maximum atomic E-state index is 12.1. The average Bonchev–Trinajstić information content (AvgIpc) is 2.80. The summed E-state index contributed by atoms with van der Waals surface area (Å²) in [5, 5.41) is 5.22. The van der Waals surface area contributed by atoms with Gasteiger partial charge >= 0.3 is 5.97 Å². The van der Waals surface area contributed by atoms with E-state index in [1.165, 1.54) is 0 Å². The van der Waals surface area contributed by atoms with E-state index < -0.39 is 11.9 Å². The summed E-state index contributed by atoms with van der Waals surface area (Å²) in [7, 11) is 0. The molecule has 0 aliphatic rings. The molecule has 0 radical (unpaired) electrons. The fraction of sp³-hybridized carbons (Fsp3) is 0.375. The highest BCUT2D eigenvalue weighted by Crippen LogP contribution is 2.13. The van der Waals surface area contributed by atoms with Gasteiger partial charge in [0.05, 0.1) is 6.61 Å². The Hall–Kier alpha value is -3.35. The number of nitrogens with one attached hydrogen (secondary N) is 2. The normalized spacial score (nSPS) is 11.3. The zero-order valence-electron chi connectivity index (χ0n) is 18.1. The van der Waals surface area contributed by atoms with Gasteiger partial charge in [-0.25, -0.2) is 0 Å². The second kappa shape index (κ2) is 13.1. The average molecular weight is 427 g/mol. The highest BCUT2D eigenvalue weighted by atomic mass is 16.5. The number of carbonyl (C=O) groups excluding carboxylic acids is 3. The number of carbonyl (C=O) groups is 3. The minimum absolute atomic E-state index is 0.142. The van der Waals surface area contributed by atoms with E-state index in [9.17, 15) is 14.4 Å². The number of hydrogen-bond acceptors (Lipinski definition) is 5. The topological polar surface area (TPSA) is 93.7 Å². The van der Waals surface area contributed by atoms with E-state index in [2.05, 4.69) is 17.6 Å². The number of hydrogen-bond donors (Lipinski definition) is 2. The molecule has 2 aromatic carbocycles. The molecule has 2 aromatic rings. The van der Waals surface area contributed by atoms with Crippen molar-refractivity contribution in [3.63, 3.8) is 0 Å². The summed E-state index contributed by atoms with van der Waals surface area (Å²) in [6.07, 6.45) is 2.01. The van der Waals surface area contributed by atoms with Crippen LogP contribution in [0.1, 0.15) is 48.5 Å². The van der Waals surface area contributed by atoms with Gasteiger partial charge in [0, 0.05) is 12.1 Å². The Morgan fingerprint density at radius 3 is 2.35 bits per heavy atom. The first-order valence-corrected chi connectivity index (χ1v) is 10.5. The third-order valence-electron chi connectivity index (χ3n) is 4.61. The third kappa shape index (κ3) is 8.90. The van der Waals surface area contributed by atoms with Crippen LogP contribution in [0.5, 0.6) is 5.75 Å². The zero-order valence-corrected chi connectivity index (χ0v) is 18.1. The SMILES string of the molecule is CCCCOc1ccc(C(=O)NCC(=O)OCC(=O)NC[C@H](C)c2ccccc2)cc1. The maximum Gasteiger partial charge on any atom is 0.325 e. The predicted molar refractivity (Wildman–Crippen MR) is 118 cm³/mol. The first-order valence-electron chi connectivity index (χ1n) is 10.5. The quantitative estimate of drug-likeness (QED) is 0.402. The van der Waals surface area contributed by atoms with Gasteiger partial charge in [0.2, 0.25) is 0 Å². The van der Waals surface area contributed by atoms with Crippen LogP contribution in [-0.4, -0.2) is 44.1 Å². The molecule has 31 heavy (non-hydrogen) atoms. The Morgan fingerprint density at radius 1 is 0.968 bits per heavy atom. The molecular weight excluding hydrogens is 396 g/mol. The molecule has 0 fully saturated rings. The number of esters is 1. The van der Waals surface area contributed by atoms with Crippen LogP contribution < -0.4 is 15.4 Å². The lowest BCUT2D eigenvalue weighted by Crippen LogP contribution is -2.35. The summed E-state index contributed by atoms with van der Waals surface area (Å²) in [5.41, 5.74) is 1.52. The molecule has 2 amide bonds. The van der Waals surface area contributed by atoms with Crippen LogP contribution in [0, 0.1) is 0 Å². The summed E-state index contributed by atoms with van der Waals surface area (Å²) in [6, 6.07) is 16.5. The van der Waals surface area contributed by atoms with Crippen molar-refractivity contribution in [2.75, 3.05) is 26.3 Å². The lowest BCUT2D eigenvalue weighted by Gasteiger charge is -2.13. The second-order valence-electron chi connectivity index (χ2n) is 7.19. The summed E-state index contributed by atoms with van der Waals surface area (Å²) < 4.78 is 10.5. The largest absolute Gasteiger partial charge is 0.494 e. The Labute approximate surface area is 183 Å². The van der Waals surface area contributed by atoms with Gasteiger partial charge < -0.3 is 20.1 Å². The minimum atomic E-state index is -0.681. The van der Waals surface area contributed by atoms with E-state index in [0.717, 1.165) is 18.4 Å². The smallest absolute Gasteiger partial charge is 0.325 e. The van der Waals surface area contributed by atoms with E-state index in [1.54, 1.807) is 24.3 Å². The molecule has 7 heteroatoms. The maximum absolute atomic E-state index is 12.1. The summed E-state index contributed by atoms with van der Waals surface area (Å²) in [4.78, 5) is 35.8. The predicted octanol–water partition coefficient (Wildman–Crippen LogP) is 3.06. The molecule has 7 nitrogen and oxygen atoms in total. The molecule has 0 aromatic heterocycles. The summed E-state index contributed by atoms with van der Waals surface area (Å²) in [5.74, 6) is -0.640. The Bertz CT molecular complexity index is 837. The van der Waals surface area contributed by atoms with Gasteiger partial charge in [0.25, 0.3) is 11.8 Å². The van der Waals surface area contributed by atoms with Crippen LogP contribution in [0.25, 0.3) is 0 Å². The molecule has 166 valence electrons. The number of rotatable bonds is 12.